The van der Waals surface area contributed by atoms with Crippen molar-refractivity contribution in [3.05, 3.63) is 24.3 Å². The van der Waals surface area contributed by atoms with E-state index in [1.807, 2.05) is 6.92 Å². The van der Waals surface area contributed by atoms with E-state index in [9.17, 15) is 18.0 Å². The van der Waals surface area contributed by atoms with Gasteiger partial charge in [0.1, 0.15) is 0 Å². The van der Waals surface area contributed by atoms with Crippen molar-refractivity contribution in [2.45, 2.75) is 44.0 Å². The Kier molecular flexibility index (Phi) is 4.43. The van der Waals surface area contributed by atoms with Crippen molar-refractivity contribution in [2.24, 2.45) is 0 Å². The van der Waals surface area contributed by atoms with Gasteiger partial charge >= 0.3 is 0 Å². The highest BCUT2D eigenvalue weighted by Gasteiger charge is 2.30. The van der Waals surface area contributed by atoms with Crippen LogP contribution in [0.25, 0.3) is 0 Å². The minimum absolute atomic E-state index is 0.116. The molecule has 1 atom stereocenters. The first-order chi connectivity index (χ1) is 9.85. The first-order valence-electron chi connectivity index (χ1n) is 6.83. The predicted molar refractivity (Wildman–Crippen MR) is 78.2 cm³/mol. The molecule has 21 heavy (non-hydrogen) atoms. The van der Waals surface area contributed by atoms with Gasteiger partial charge in [0, 0.05) is 18.9 Å². The Morgan fingerprint density at radius 3 is 2.14 bits per heavy atom. The van der Waals surface area contributed by atoms with Gasteiger partial charge in [-0.25, -0.2) is 13.1 Å². The maximum atomic E-state index is 12.1. The molecule has 1 N–H and O–H groups in total. The second-order valence-corrected chi connectivity index (χ2v) is 6.76. The average Bonchev–Trinajstić information content (AvgIpc) is 2.78. The third-order valence-electron chi connectivity index (χ3n) is 3.43. The van der Waals surface area contributed by atoms with Gasteiger partial charge in [-0.3, -0.25) is 14.5 Å². The molecular formula is C14H18N2O4S. The molecule has 0 bridgehead atoms. The van der Waals surface area contributed by atoms with E-state index in [0.717, 1.165) is 4.90 Å². The van der Waals surface area contributed by atoms with Gasteiger partial charge in [0.2, 0.25) is 21.8 Å². The summed E-state index contributed by atoms with van der Waals surface area (Å²) in [4.78, 5) is 24.5. The first kappa shape index (κ1) is 15.7. The molecular weight excluding hydrogens is 292 g/mol. The quantitative estimate of drug-likeness (QED) is 0.834. The third-order valence-corrected chi connectivity index (χ3v) is 5.03. The van der Waals surface area contributed by atoms with Crippen LogP contribution in [-0.2, 0) is 19.6 Å². The summed E-state index contributed by atoms with van der Waals surface area (Å²) in [5.41, 5.74) is 0.407. The molecule has 1 heterocycles. The van der Waals surface area contributed by atoms with Crippen molar-refractivity contribution >= 4 is 27.5 Å². The van der Waals surface area contributed by atoms with E-state index in [0.29, 0.717) is 12.1 Å². The monoisotopic (exact) mass is 310 g/mol. The summed E-state index contributed by atoms with van der Waals surface area (Å²) in [5, 5.41) is 0. The van der Waals surface area contributed by atoms with Gasteiger partial charge < -0.3 is 0 Å². The SMILES string of the molecule is CCC(C)NS(=O)(=O)c1ccc(N2C(=O)CCC2=O)cc1. The number of carbonyl (C=O) groups is 2. The van der Waals surface area contributed by atoms with Gasteiger partial charge in [-0.1, -0.05) is 6.92 Å². The zero-order valence-corrected chi connectivity index (χ0v) is 12.8. The second kappa shape index (κ2) is 5.95. The number of nitrogens with one attached hydrogen (secondary N) is 1. The van der Waals surface area contributed by atoms with Crippen LogP contribution < -0.4 is 9.62 Å². The Bertz CT molecular complexity index is 636. The summed E-state index contributed by atoms with van der Waals surface area (Å²) in [6.45, 7) is 3.67. The summed E-state index contributed by atoms with van der Waals surface area (Å²) in [7, 11) is -3.58. The first-order valence-corrected chi connectivity index (χ1v) is 8.31. The molecule has 1 aromatic carbocycles. The molecule has 0 saturated carbocycles. The minimum Gasteiger partial charge on any atom is -0.274 e. The van der Waals surface area contributed by atoms with Crippen LogP contribution in [0.5, 0.6) is 0 Å². The third kappa shape index (κ3) is 3.30. The van der Waals surface area contributed by atoms with Crippen LogP contribution in [0, 0.1) is 0 Å². The van der Waals surface area contributed by atoms with E-state index < -0.39 is 10.0 Å². The Labute approximate surface area is 124 Å². The Morgan fingerprint density at radius 2 is 1.67 bits per heavy atom. The predicted octanol–water partition coefficient (Wildman–Crippen LogP) is 1.42. The molecule has 6 nitrogen and oxygen atoms in total. The van der Waals surface area contributed by atoms with Crippen LogP contribution in [-0.4, -0.2) is 26.3 Å². The molecule has 2 rings (SSSR count). The van der Waals surface area contributed by atoms with E-state index in [1.165, 1.54) is 24.3 Å². The Morgan fingerprint density at radius 1 is 1.14 bits per heavy atom. The molecule has 2 amide bonds. The number of imide groups is 1. The van der Waals surface area contributed by atoms with Crippen molar-refractivity contribution in [3.63, 3.8) is 0 Å². The van der Waals surface area contributed by atoms with Gasteiger partial charge in [0.05, 0.1) is 10.6 Å². The van der Waals surface area contributed by atoms with Crippen LogP contribution in [0.2, 0.25) is 0 Å². The largest absolute Gasteiger partial charge is 0.274 e. The maximum absolute atomic E-state index is 12.1. The number of amides is 2. The van der Waals surface area contributed by atoms with Gasteiger partial charge in [-0.15, -0.1) is 0 Å². The zero-order chi connectivity index (χ0) is 15.6. The molecule has 1 aliphatic rings. The molecule has 1 aliphatic heterocycles. The molecule has 0 radical (unpaired) electrons. The number of benzene rings is 1. The van der Waals surface area contributed by atoms with E-state index in [2.05, 4.69) is 4.72 Å². The van der Waals surface area contributed by atoms with Crippen molar-refractivity contribution in [2.75, 3.05) is 4.90 Å². The topological polar surface area (TPSA) is 83.6 Å². The van der Waals surface area contributed by atoms with Crippen LogP contribution in [0.4, 0.5) is 5.69 Å². The number of rotatable bonds is 5. The number of hydrogen-bond acceptors (Lipinski definition) is 4. The Hall–Kier alpha value is -1.73. The molecule has 1 unspecified atom stereocenters. The van der Waals surface area contributed by atoms with Crippen LogP contribution in [0.3, 0.4) is 0 Å². The van der Waals surface area contributed by atoms with E-state index in [4.69, 9.17) is 0 Å². The van der Waals surface area contributed by atoms with Crippen molar-refractivity contribution in [1.29, 1.82) is 0 Å². The lowest BCUT2D eigenvalue weighted by Gasteiger charge is -2.15. The van der Waals surface area contributed by atoms with Gasteiger partial charge in [0.15, 0.2) is 0 Å². The van der Waals surface area contributed by atoms with Crippen molar-refractivity contribution in [1.82, 2.24) is 4.72 Å². The van der Waals surface area contributed by atoms with Crippen LogP contribution >= 0.6 is 0 Å². The highest BCUT2D eigenvalue weighted by Crippen LogP contribution is 2.24. The molecule has 114 valence electrons. The molecule has 1 fully saturated rings. The molecule has 1 aromatic rings. The summed E-state index contributed by atoms with van der Waals surface area (Å²) in [5.74, 6) is -0.512. The summed E-state index contributed by atoms with van der Waals surface area (Å²) in [6, 6.07) is 5.60. The average molecular weight is 310 g/mol. The van der Waals surface area contributed by atoms with E-state index >= 15 is 0 Å². The molecule has 0 aliphatic carbocycles. The number of nitrogens with zero attached hydrogens (tertiary/aromatic N) is 1. The number of anilines is 1. The fraction of sp³-hybridized carbons (Fsp3) is 0.429. The highest BCUT2D eigenvalue weighted by molar-refractivity contribution is 7.89. The Balaban J connectivity index is 2.23. The summed E-state index contributed by atoms with van der Waals surface area (Å²) in [6.07, 6.45) is 1.09. The number of carbonyl (C=O) groups excluding carboxylic acids is 2. The number of hydrogen-bond donors (Lipinski definition) is 1. The zero-order valence-electron chi connectivity index (χ0n) is 12.0. The normalized spacial score (nSPS) is 17.3. The van der Waals surface area contributed by atoms with Gasteiger partial charge in [-0.2, -0.15) is 0 Å². The second-order valence-electron chi connectivity index (χ2n) is 5.05. The summed E-state index contributed by atoms with van der Waals surface area (Å²) >= 11 is 0. The van der Waals surface area contributed by atoms with Crippen molar-refractivity contribution < 1.29 is 18.0 Å². The fourth-order valence-electron chi connectivity index (χ4n) is 2.06. The standard InChI is InChI=1S/C14H18N2O4S/c1-3-10(2)15-21(19,20)12-6-4-11(5-7-12)16-13(17)8-9-14(16)18/h4-7,10,15H,3,8-9H2,1-2H3. The molecule has 0 spiro atoms. The van der Waals surface area contributed by atoms with Crippen LogP contribution in [0.15, 0.2) is 29.2 Å². The molecule has 7 heteroatoms. The smallest absolute Gasteiger partial charge is 0.240 e. The lowest BCUT2D eigenvalue weighted by molar-refractivity contribution is -0.121. The minimum atomic E-state index is -3.58. The highest BCUT2D eigenvalue weighted by atomic mass is 32.2. The lowest BCUT2D eigenvalue weighted by atomic mass is 10.3. The lowest BCUT2D eigenvalue weighted by Crippen LogP contribution is -2.32. The molecule has 1 saturated heterocycles. The summed E-state index contributed by atoms with van der Waals surface area (Å²) < 4.78 is 26.8. The van der Waals surface area contributed by atoms with Gasteiger partial charge in [0.25, 0.3) is 0 Å². The van der Waals surface area contributed by atoms with E-state index in [1.54, 1.807) is 6.92 Å². The van der Waals surface area contributed by atoms with Crippen LogP contribution in [0.1, 0.15) is 33.1 Å². The molecule has 0 aromatic heterocycles. The van der Waals surface area contributed by atoms with E-state index in [-0.39, 0.29) is 35.6 Å². The maximum Gasteiger partial charge on any atom is 0.240 e. The number of sulfonamides is 1. The van der Waals surface area contributed by atoms with Crippen molar-refractivity contribution in [3.8, 4) is 0 Å². The fourth-order valence-corrected chi connectivity index (χ4v) is 3.38. The van der Waals surface area contributed by atoms with Gasteiger partial charge in [-0.05, 0) is 37.6 Å².